The largest absolute Gasteiger partial charge is 0.454 e. The number of halogens is 1. The average Bonchev–Trinajstić information content (AvgIpc) is 3.72. The van der Waals surface area contributed by atoms with Crippen LogP contribution in [0.15, 0.2) is 131 Å². The minimum absolute atomic E-state index is 0.0438. The summed E-state index contributed by atoms with van der Waals surface area (Å²) in [7, 11) is 0. The summed E-state index contributed by atoms with van der Waals surface area (Å²) in [4.78, 5) is 5.86. The molecule has 244 valence electrons. The van der Waals surface area contributed by atoms with Gasteiger partial charge in [-0.1, -0.05) is 143 Å². The lowest BCUT2D eigenvalue weighted by atomic mass is 9.79. The molecule has 0 aliphatic rings. The molecule has 2 heterocycles. The number of hydrogen-bond donors (Lipinski definition) is 0. The zero-order chi connectivity index (χ0) is 33.6. The standard InChI is InChI=1S/C45H40ClNOS/c1-5-27(3)42(30-16-8-7-9-17-30)47-43(36-21-14-20-35-34-19-12-13-22-40(34)49-45(35)36)32(6-2)28(4)31-25-37-41-33-18-11-10-15-29(33)23-24-39(41)48-44(37)38(46)26-31/h7-28,32,42H,5-6H2,1-4H3/b47-43+. The summed E-state index contributed by atoms with van der Waals surface area (Å²) in [5.41, 5.74) is 6.51. The Balaban J connectivity index is 1.35. The van der Waals surface area contributed by atoms with Crippen molar-refractivity contribution in [1.82, 2.24) is 0 Å². The molecule has 0 aliphatic heterocycles. The normalized spacial score (nSPS) is 15.0. The van der Waals surface area contributed by atoms with Crippen molar-refractivity contribution in [2.75, 3.05) is 0 Å². The van der Waals surface area contributed by atoms with Crippen LogP contribution in [-0.4, -0.2) is 5.71 Å². The number of nitrogens with zero attached hydrogens (tertiary/aromatic N) is 1. The van der Waals surface area contributed by atoms with Gasteiger partial charge in [0.25, 0.3) is 0 Å². The smallest absolute Gasteiger partial charge is 0.154 e. The second-order valence-electron chi connectivity index (χ2n) is 13.5. The fourth-order valence-corrected chi connectivity index (χ4v) is 9.27. The van der Waals surface area contributed by atoms with Gasteiger partial charge in [0, 0.05) is 48.1 Å². The van der Waals surface area contributed by atoms with E-state index in [2.05, 4.69) is 149 Å². The van der Waals surface area contributed by atoms with Gasteiger partial charge in [-0.25, -0.2) is 0 Å². The van der Waals surface area contributed by atoms with E-state index in [0.29, 0.717) is 10.9 Å². The molecule has 49 heavy (non-hydrogen) atoms. The molecular formula is C45H40ClNOS. The van der Waals surface area contributed by atoms with Gasteiger partial charge in [-0.05, 0) is 64.4 Å². The Kier molecular flexibility index (Phi) is 8.51. The van der Waals surface area contributed by atoms with Crippen LogP contribution in [0.2, 0.25) is 5.02 Å². The molecule has 4 atom stereocenters. The van der Waals surface area contributed by atoms with Crippen molar-refractivity contribution < 1.29 is 4.42 Å². The van der Waals surface area contributed by atoms with E-state index in [1.807, 2.05) is 11.3 Å². The molecule has 4 heteroatoms. The van der Waals surface area contributed by atoms with Crippen molar-refractivity contribution in [1.29, 1.82) is 0 Å². The second kappa shape index (κ2) is 13.1. The number of furan rings is 1. The molecule has 0 N–H and O–H groups in total. The highest BCUT2D eigenvalue weighted by molar-refractivity contribution is 7.26. The van der Waals surface area contributed by atoms with Crippen LogP contribution < -0.4 is 0 Å². The number of hydrogen-bond acceptors (Lipinski definition) is 3. The van der Waals surface area contributed by atoms with Crippen LogP contribution in [-0.2, 0) is 0 Å². The fraction of sp³-hybridized carbons (Fsp3) is 0.222. The predicted octanol–water partition coefficient (Wildman–Crippen LogP) is 14.2. The van der Waals surface area contributed by atoms with Crippen molar-refractivity contribution in [3.63, 3.8) is 0 Å². The number of aliphatic imine (C=N–C) groups is 1. The minimum atomic E-state index is 0.0438. The molecule has 8 rings (SSSR count). The Morgan fingerprint density at radius 2 is 1.45 bits per heavy atom. The third-order valence-corrected chi connectivity index (χ3v) is 12.1. The van der Waals surface area contributed by atoms with Crippen LogP contribution >= 0.6 is 22.9 Å². The van der Waals surface area contributed by atoms with Gasteiger partial charge in [0.15, 0.2) is 5.58 Å². The monoisotopic (exact) mass is 677 g/mol. The van der Waals surface area contributed by atoms with E-state index >= 15 is 0 Å². The van der Waals surface area contributed by atoms with Gasteiger partial charge in [-0.15, -0.1) is 11.3 Å². The van der Waals surface area contributed by atoms with Crippen molar-refractivity contribution >= 4 is 81.5 Å². The molecule has 2 aromatic heterocycles. The maximum Gasteiger partial charge on any atom is 0.154 e. The Labute approximate surface area is 297 Å². The molecule has 8 aromatic rings. The molecule has 0 spiro atoms. The van der Waals surface area contributed by atoms with E-state index in [1.165, 1.54) is 53.3 Å². The lowest BCUT2D eigenvalue weighted by Gasteiger charge is -2.29. The Bertz CT molecular complexity index is 2490. The molecule has 4 unspecified atom stereocenters. The summed E-state index contributed by atoms with van der Waals surface area (Å²) in [6, 6.07) is 43.6. The SMILES string of the molecule is CCC(C)C(/N=C(/c1cccc2c1sc1ccccc12)C(CC)C(C)c1cc(Cl)c2oc3ccc4ccccc4c3c2c1)c1ccccc1. The molecule has 6 aromatic carbocycles. The van der Waals surface area contributed by atoms with Gasteiger partial charge in [0.2, 0.25) is 0 Å². The van der Waals surface area contributed by atoms with E-state index in [4.69, 9.17) is 21.0 Å². The number of benzene rings is 6. The van der Waals surface area contributed by atoms with Crippen LogP contribution in [0.5, 0.6) is 0 Å². The zero-order valence-corrected chi connectivity index (χ0v) is 30.0. The summed E-state index contributed by atoms with van der Waals surface area (Å²) >= 11 is 8.98. The molecule has 2 nitrogen and oxygen atoms in total. The van der Waals surface area contributed by atoms with E-state index < -0.39 is 0 Å². The highest BCUT2D eigenvalue weighted by atomic mass is 35.5. The van der Waals surface area contributed by atoms with E-state index in [-0.39, 0.29) is 17.9 Å². The molecule has 0 aliphatic carbocycles. The third-order valence-electron chi connectivity index (χ3n) is 10.6. The Morgan fingerprint density at radius 1 is 0.714 bits per heavy atom. The lowest BCUT2D eigenvalue weighted by molar-refractivity contribution is 0.453. The average molecular weight is 678 g/mol. The quantitative estimate of drug-likeness (QED) is 0.140. The van der Waals surface area contributed by atoms with E-state index in [1.54, 1.807) is 0 Å². The summed E-state index contributed by atoms with van der Waals surface area (Å²) in [5, 5.41) is 7.84. The highest BCUT2D eigenvalue weighted by Gasteiger charge is 2.30. The van der Waals surface area contributed by atoms with Gasteiger partial charge in [0.05, 0.1) is 11.1 Å². The first-order valence-electron chi connectivity index (χ1n) is 17.5. The second-order valence-corrected chi connectivity index (χ2v) is 14.9. The molecule has 0 saturated heterocycles. The Morgan fingerprint density at radius 3 is 2.24 bits per heavy atom. The van der Waals surface area contributed by atoms with Crippen LogP contribution in [0, 0.1) is 11.8 Å². The summed E-state index contributed by atoms with van der Waals surface area (Å²) < 4.78 is 9.01. The zero-order valence-electron chi connectivity index (χ0n) is 28.4. The van der Waals surface area contributed by atoms with Gasteiger partial charge in [0.1, 0.15) is 5.58 Å². The fourth-order valence-electron chi connectivity index (χ4n) is 7.77. The van der Waals surface area contributed by atoms with E-state index in [0.717, 1.165) is 34.8 Å². The van der Waals surface area contributed by atoms with Crippen molar-refractivity contribution in [2.45, 2.75) is 52.5 Å². The molecule has 0 bridgehead atoms. The molecule has 0 radical (unpaired) electrons. The maximum atomic E-state index is 7.10. The van der Waals surface area contributed by atoms with Crippen LogP contribution in [0.4, 0.5) is 0 Å². The summed E-state index contributed by atoms with van der Waals surface area (Å²) in [6.45, 7) is 9.28. The first-order valence-corrected chi connectivity index (χ1v) is 18.7. The number of rotatable bonds is 9. The first kappa shape index (κ1) is 31.8. The molecule has 0 saturated carbocycles. The van der Waals surface area contributed by atoms with Crippen molar-refractivity contribution in [2.24, 2.45) is 16.8 Å². The van der Waals surface area contributed by atoms with Crippen LogP contribution in [0.1, 0.15) is 69.2 Å². The van der Waals surface area contributed by atoms with Gasteiger partial charge < -0.3 is 4.42 Å². The predicted molar refractivity (Wildman–Crippen MR) is 213 cm³/mol. The van der Waals surface area contributed by atoms with E-state index in [9.17, 15) is 0 Å². The van der Waals surface area contributed by atoms with Crippen LogP contribution in [0.3, 0.4) is 0 Å². The van der Waals surface area contributed by atoms with Gasteiger partial charge in [-0.2, -0.15) is 0 Å². The minimum Gasteiger partial charge on any atom is -0.454 e. The lowest BCUT2D eigenvalue weighted by Crippen LogP contribution is -2.23. The molecule has 0 amide bonds. The van der Waals surface area contributed by atoms with Gasteiger partial charge in [-0.3, -0.25) is 4.99 Å². The van der Waals surface area contributed by atoms with Crippen molar-refractivity contribution in [3.05, 3.63) is 143 Å². The number of fused-ring (bicyclic) bond motifs is 8. The van der Waals surface area contributed by atoms with Crippen LogP contribution in [0.25, 0.3) is 52.9 Å². The summed E-state index contributed by atoms with van der Waals surface area (Å²) in [6.07, 6.45) is 1.98. The molecule has 0 fully saturated rings. The third kappa shape index (κ3) is 5.54. The Hall–Kier alpha value is -4.44. The highest BCUT2D eigenvalue weighted by Crippen LogP contribution is 2.44. The molecular weight excluding hydrogens is 638 g/mol. The maximum absolute atomic E-state index is 7.10. The first-order chi connectivity index (χ1) is 24.0. The summed E-state index contributed by atoms with van der Waals surface area (Å²) in [5.74, 6) is 0.668. The number of thiophene rings is 1. The topological polar surface area (TPSA) is 25.5 Å². The van der Waals surface area contributed by atoms with Crippen molar-refractivity contribution in [3.8, 4) is 0 Å². The van der Waals surface area contributed by atoms with Gasteiger partial charge >= 0.3 is 0 Å².